The van der Waals surface area contributed by atoms with Crippen LogP contribution in [-0.2, 0) is 20.9 Å². The van der Waals surface area contributed by atoms with E-state index in [2.05, 4.69) is 0 Å². The molecule has 1 aromatic rings. The summed E-state index contributed by atoms with van der Waals surface area (Å²) >= 11 is 0. The molecule has 5 heteroatoms. The van der Waals surface area contributed by atoms with Crippen LogP contribution in [0.2, 0.25) is 0 Å². The third-order valence-electron chi connectivity index (χ3n) is 1.91. The van der Waals surface area contributed by atoms with Gasteiger partial charge in [-0.3, -0.25) is 4.79 Å². The van der Waals surface area contributed by atoms with Crippen molar-refractivity contribution in [1.29, 1.82) is 0 Å². The van der Waals surface area contributed by atoms with Crippen LogP contribution in [0, 0.1) is 0 Å². The Kier molecular flexibility index (Phi) is 4.47. The fourth-order valence-corrected chi connectivity index (χ4v) is 1.10. The minimum atomic E-state index is -1.37. The second-order valence-electron chi connectivity index (χ2n) is 3.28. The summed E-state index contributed by atoms with van der Waals surface area (Å²) in [5, 5.41) is 10.2. The van der Waals surface area contributed by atoms with E-state index in [9.17, 15) is 14.7 Å². The van der Waals surface area contributed by atoms with Crippen LogP contribution >= 0.6 is 0 Å². The molecule has 0 fully saturated rings. The number of esters is 1. The van der Waals surface area contributed by atoms with E-state index < -0.39 is 24.4 Å². The van der Waals surface area contributed by atoms with Crippen LogP contribution in [0.15, 0.2) is 30.3 Å². The smallest absolute Gasteiger partial charge is 0.323 e. The van der Waals surface area contributed by atoms with Crippen molar-refractivity contribution in [2.24, 2.45) is 5.73 Å². The Morgan fingerprint density at radius 3 is 2.50 bits per heavy atom. The van der Waals surface area contributed by atoms with Crippen molar-refractivity contribution in [2.45, 2.75) is 19.1 Å². The minimum absolute atomic E-state index is 0.0838. The van der Waals surface area contributed by atoms with Crippen LogP contribution in [0.4, 0.5) is 0 Å². The van der Waals surface area contributed by atoms with Gasteiger partial charge in [-0.15, -0.1) is 0 Å². The Morgan fingerprint density at radius 2 is 1.94 bits per heavy atom. The maximum absolute atomic E-state index is 11.2. The van der Waals surface area contributed by atoms with Gasteiger partial charge in [0, 0.05) is 12.4 Å². The number of aliphatic carboxylic acids is 1. The molecule has 0 saturated heterocycles. The molecule has 2 N–H and O–H groups in total. The van der Waals surface area contributed by atoms with Gasteiger partial charge in [-0.1, -0.05) is 30.3 Å². The molecule has 1 aromatic carbocycles. The fraction of sp³-hybridized carbons (Fsp3) is 0.273. The maximum Gasteiger partial charge on any atom is 0.323 e. The highest BCUT2D eigenvalue weighted by Gasteiger charge is 2.14. The van der Waals surface area contributed by atoms with Gasteiger partial charge in [0.05, 0.1) is 0 Å². The Balaban J connectivity index is 2.38. The minimum Gasteiger partial charge on any atom is -0.550 e. The SMILES string of the molecule is NC(CC(=O)[O-])C(=O)OCc1ccccc1. The number of benzene rings is 1. The van der Waals surface area contributed by atoms with E-state index in [0.29, 0.717) is 0 Å². The van der Waals surface area contributed by atoms with Crippen LogP contribution < -0.4 is 10.8 Å². The van der Waals surface area contributed by atoms with E-state index in [1.165, 1.54) is 0 Å². The van der Waals surface area contributed by atoms with Gasteiger partial charge < -0.3 is 20.4 Å². The predicted octanol–water partition coefficient (Wildman–Crippen LogP) is -0.803. The topological polar surface area (TPSA) is 92.5 Å². The lowest BCUT2D eigenvalue weighted by molar-refractivity contribution is -0.306. The van der Waals surface area contributed by atoms with Crippen molar-refractivity contribution in [2.75, 3.05) is 0 Å². The number of ether oxygens (including phenoxy) is 1. The molecule has 5 nitrogen and oxygen atoms in total. The summed E-state index contributed by atoms with van der Waals surface area (Å²) in [6.07, 6.45) is -0.534. The highest BCUT2D eigenvalue weighted by molar-refractivity contribution is 5.81. The van der Waals surface area contributed by atoms with Gasteiger partial charge in [-0.2, -0.15) is 0 Å². The molecule has 0 aliphatic rings. The first kappa shape index (κ1) is 12.2. The number of hydrogen-bond acceptors (Lipinski definition) is 5. The van der Waals surface area contributed by atoms with E-state index in [4.69, 9.17) is 10.5 Å². The molecule has 0 radical (unpaired) electrons. The zero-order valence-corrected chi connectivity index (χ0v) is 8.59. The average Bonchev–Trinajstić information content (AvgIpc) is 2.26. The molecule has 16 heavy (non-hydrogen) atoms. The molecule has 0 bridgehead atoms. The summed E-state index contributed by atoms with van der Waals surface area (Å²) in [6.45, 7) is 0.0838. The molecular formula is C11H12NO4-. The third kappa shape index (κ3) is 4.10. The lowest BCUT2D eigenvalue weighted by Crippen LogP contribution is -2.38. The number of rotatable bonds is 5. The number of carboxylic acids is 1. The Morgan fingerprint density at radius 1 is 1.31 bits per heavy atom. The second kappa shape index (κ2) is 5.87. The van der Waals surface area contributed by atoms with Crippen molar-refractivity contribution in [1.82, 2.24) is 0 Å². The van der Waals surface area contributed by atoms with Crippen LogP contribution in [0.5, 0.6) is 0 Å². The first-order valence-corrected chi connectivity index (χ1v) is 4.75. The number of hydrogen-bond donors (Lipinski definition) is 1. The van der Waals surface area contributed by atoms with Gasteiger partial charge in [0.15, 0.2) is 0 Å². The van der Waals surface area contributed by atoms with Crippen LogP contribution in [-0.4, -0.2) is 18.0 Å². The molecule has 0 heterocycles. The zero-order valence-electron chi connectivity index (χ0n) is 8.59. The summed E-state index contributed by atoms with van der Waals surface area (Å²) in [4.78, 5) is 21.4. The van der Waals surface area contributed by atoms with Gasteiger partial charge in [0.25, 0.3) is 0 Å². The molecule has 0 aliphatic carbocycles. The number of nitrogens with two attached hydrogens (primary N) is 1. The van der Waals surface area contributed by atoms with Crippen LogP contribution in [0.25, 0.3) is 0 Å². The number of carbonyl (C=O) groups is 2. The van der Waals surface area contributed by atoms with Crippen molar-refractivity contribution in [3.63, 3.8) is 0 Å². The molecule has 1 unspecified atom stereocenters. The van der Waals surface area contributed by atoms with Gasteiger partial charge in [-0.25, -0.2) is 0 Å². The molecule has 0 spiro atoms. The van der Waals surface area contributed by atoms with Crippen LogP contribution in [0.1, 0.15) is 12.0 Å². The fourth-order valence-electron chi connectivity index (χ4n) is 1.10. The number of carbonyl (C=O) groups excluding carboxylic acids is 2. The first-order valence-electron chi connectivity index (χ1n) is 4.75. The number of carboxylic acid groups (broad SMARTS) is 1. The Bertz CT molecular complexity index is 364. The van der Waals surface area contributed by atoms with E-state index in [0.717, 1.165) is 5.56 Å². The van der Waals surface area contributed by atoms with Gasteiger partial charge in [-0.05, 0) is 5.56 Å². The van der Waals surface area contributed by atoms with Crippen molar-refractivity contribution >= 4 is 11.9 Å². The van der Waals surface area contributed by atoms with E-state index >= 15 is 0 Å². The van der Waals surface area contributed by atoms with Gasteiger partial charge in [0.1, 0.15) is 12.6 Å². The molecule has 1 rings (SSSR count). The molecule has 86 valence electrons. The lowest BCUT2D eigenvalue weighted by atomic mass is 10.2. The van der Waals surface area contributed by atoms with Crippen molar-refractivity contribution < 1.29 is 19.4 Å². The highest BCUT2D eigenvalue weighted by atomic mass is 16.5. The maximum atomic E-state index is 11.2. The molecule has 1 atom stereocenters. The Hall–Kier alpha value is -1.88. The largest absolute Gasteiger partial charge is 0.550 e. The third-order valence-corrected chi connectivity index (χ3v) is 1.91. The average molecular weight is 222 g/mol. The van der Waals surface area contributed by atoms with Crippen LogP contribution in [0.3, 0.4) is 0 Å². The lowest BCUT2D eigenvalue weighted by Gasteiger charge is -2.11. The van der Waals surface area contributed by atoms with Gasteiger partial charge in [0.2, 0.25) is 0 Å². The monoisotopic (exact) mass is 222 g/mol. The standard InChI is InChI=1S/C11H13NO4/c12-9(6-10(13)14)11(15)16-7-8-4-2-1-3-5-8/h1-5,9H,6-7,12H2,(H,13,14)/p-1. The molecule has 0 amide bonds. The van der Waals surface area contributed by atoms with Gasteiger partial charge >= 0.3 is 5.97 Å². The molecular weight excluding hydrogens is 210 g/mol. The summed E-state index contributed by atoms with van der Waals surface area (Å²) in [6, 6.07) is 7.87. The summed E-state index contributed by atoms with van der Waals surface area (Å²) < 4.78 is 4.84. The summed E-state index contributed by atoms with van der Waals surface area (Å²) in [5.74, 6) is -2.11. The Labute approximate surface area is 92.8 Å². The predicted molar refractivity (Wildman–Crippen MR) is 53.8 cm³/mol. The molecule has 0 saturated carbocycles. The quantitative estimate of drug-likeness (QED) is 0.658. The van der Waals surface area contributed by atoms with E-state index in [-0.39, 0.29) is 6.61 Å². The van der Waals surface area contributed by atoms with E-state index in [1.54, 1.807) is 12.1 Å². The zero-order chi connectivity index (χ0) is 12.0. The molecule has 0 aliphatic heterocycles. The normalized spacial score (nSPS) is 11.8. The van der Waals surface area contributed by atoms with E-state index in [1.807, 2.05) is 18.2 Å². The van der Waals surface area contributed by atoms with Crippen molar-refractivity contribution in [3.05, 3.63) is 35.9 Å². The van der Waals surface area contributed by atoms with Crippen molar-refractivity contribution in [3.8, 4) is 0 Å². The molecule has 0 aromatic heterocycles. The first-order chi connectivity index (χ1) is 7.59. The summed E-state index contributed by atoms with van der Waals surface area (Å²) in [5.41, 5.74) is 6.10. The summed E-state index contributed by atoms with van der Waals surface area (Å²) in [7, 11) is 0. The highest BCUT2D eigenvalue weighted by Crippen LogP contribution is 2.02. The second-order valence-corrected chi connectivity index (χ2v) is 3.28.